The van der Waals surface area contributed by atoms with Crippen LogP contribution in [0.1, 0.15) is 31.9 Å². The second-order valence-corrected chi connectivity index (χ2v) is 11.4. The molecule has 0 radical (unpaired) electrons. The minimum absolute atomic E-state index is 0.0530. The zero-order valence-electron chi connectivity index (χ0n) is 20.0. The second-order valence-electron chi connectivity index (χ2n) is 8.69. The van der Waals surface area contributed by atoms with E-state index in [4.69, 9.17) is 23.2 Å². The maximum atomic E-state index is 13.5. The summed E-state index contributed by atoms with van der Waals surface area (Å²) >= 11 is 12.2. The maximum absolute atomic E-state index is 13.5. The Labute approximate surface area is 212 Å². The molecular weight excluding hydrogens is 497 g/mol. The summed E-state index contributed by atoms with van der Waals surface area (Å²) in [6.45, 7) is 7.44. The highest BCUT2D eigenvalue weighted by Crippen LogP contribution is 2.24. The molecule has 0 aromatic heterocycles. The Balaban J connectivity index is 2.39. The van der Waals surface area contributed by atoms with Crippen molar-refractivity contribution in [2.24, 2.45) is 5.92 Å². The molecule has 2 aromatic carbocycles. The predicted molar refractivity (Wildman–Crippen MR) is 138 cm³/mol. The number of benzene rings is 2. The van der Waals surface area contributed by atoms with Gasteiger partial charge in [-0.25, -0.2) is 8.42 Å². The van der Waals surface area contributed by atoms with Crippen LogP contribution >= 0.6 is 23.2 Å². The first-order valence-electron chi connectivity index (χ1n) is 10.8. The maximum Gasteiger partial charge on any atom is 0.244 e. The van der Waals surface area contributed by atoms with Gasteiger partial charge < -0.3 is 10.2 Å². The number of carbonyl (C=O) groups excluding carboxylic acids is 2. The molecule has 0 spiro atoms. The number of hydrogen-bond acceptors (Lipinski definition) is 4. The Hall–Kier alpha value is -2.29. The summed E-state index contributed by atoms with van der Waals surface area (Å²) < 4.78 is 26.2. The Morgan fingerprint density at radius 3 is 2.26 bits per heavy atom. The number of rotatable bonds is 10. The molecule has 34 heavy (non-hydrogen) atoms. The van der Waals surface area contributed by atoms with E-state index in [-0.39, 0.29) is 18.4 Å². The van der Waals surface area contributed by atoms with Crippen LogP contribution in [0.4, 0.5) is 5.69 Å². The van der Waals surface area contributed by atoms with E-state index < -0.39 is 28.5 Å². The first-order valence-corrected chi connectivity index (χ1v) is 13.5. The Kier molecular flexibility index (Phi) is 9.79. The Morgan fingerprint density at radius 1 is 1.03 bits per heavy atom. The molecular formula is C24H31Cl2N3O4S. The molecule has 0 saturated carbocycles. The van der Waals surface area contributed by atoms with Crippen LogP contribution in [0, 0.1) is 12.8 Å². The number of hydrogen-bond donors (Lipinski definition) is 1. The number of aryl methyl sites for hydroxylation is 1. The van der Waals surface area contributed by atoms with Crippen molar-refractivity contribution in [3.8, 4) is 0 Å². The highest BCUT2D eigenvalue weighted by molar-refractivity contribution is 7.92. The molecule has 0 heterocycles. The SMILES string of the molecule is Cc1cccc(N(CC(=O)N(Cc2ccc(Cl)c(Cl)c2)[C@@H](C)C(=O)NCC(C)C)S(C)(=O)=O)c1. The summed E-state index contributed by atoms with van der Waals surface area (Å²) in [7, 11) is -3.77. The summed E-state index contributed by atoms with van der Waals surface area (Å²) in [5, 5.41) is 3.52. The number of sulfonamides is 1. The summed E-state index contributed by atoms with van der Waals surface area (Å²) in [5.74, 6) is -0.619. The molecule has 2 aromatic rings. The van der Waals surface area contributed by atoms with Crippen molar-refractivity contribution in [3.05, 3.63) is 63.6 Å². The van der Waals surface area contributed by atoms with Gasteiger partial charge in [-0.15, -0.1) is 0 Å². The van der Waals surface area contributed by atoms with Gasteiger partial charge in [0, 0.05) is 13.1 Å². The molecule has 0 fully saturated rings. The van der Waals surface area contributed by atoms with E-state index in [2.05, 4.69) is 5.32 Å². The van der Waals surface area contributed by atoms with Gasteiger partial charge in [0.05, 0.1) is 22.0 Å². The fourth-order valence-corrected chi connectivity index (χ4v) is 4.43. The molecule has 0 aliphatic carbocycles. The summed E-state index contributed by atoms with van der Waals surface area (Å²) in [4.78, 5) is 27.6. The van der Waals surface area contributed by atoms with Gasteiger partial charge >= 0.3 is 0 Å². The third-order valence-corrected chi connectivity index (χ3v) is 7.04. The van der Waals surface area contributed by atoms with Crippen LogP contribution in [-0.2, 0) is 26.2 Å². The van der Waals surface area contributed by atoms with E-state index in [1.165, 1.54) is 4.90 Å². The van der Waals surface area contributed by atoms with Crippen LogP contribution in [0.5, 0.6) is 0 Å². The van der Waals surface area contributed by atoms with E-state index in [0.717, 1.165) is 16.1 Å². The molecule has 1 atom stereocenters. The number of nitrogens with one attached hydrogen (secondary N) is 1. The highest BCUT2D eigenvalue weighted by Gasteiger charge is 2.30. The normalized spacial score (nSPS) is 12.4. The van der Waals surface area contributed by atoms with E-state index in [1.54, 1.807) is 43.3 Å². The number of amides is 2. The molecule has 0 saturated heterocycles. The molecule has 0 unspecified atom stereocenters. The van der Waals surface area contributed by atoms with E-state index in [0.29, 0.717) is 27.8 Å². The van der Waals surface area contributed by atoms with Crippen LogP contribution in [0.15, 0.2) is 42.5 Å². The van der Waals surface area contributed by atoms with Crippen LogP contribution in [0.2, 0.25) is 10.0 Å². The zero-order valence-corrected chi connectivity index (χ0v) is 22.3. The molecule has 0 aliphatic rings. The predicted octanol–water partition coefficient (Wildman–Crippen LogP) is 4.26. The summed E-state index contributed by atoms with van der Waals surface area (Å²) in [5.41, 5.74) is 1.89. The lowest BCUT2D eigenvalue weighted by Gasteiger charge is -2.31. The average molecular weight is 529 g/mol. The van der Waals surface area contributed by atoms with Gasteiger partial charge in [0.15, 0.2) is 0 Å². The summed E-state index contributed by atoms with van der Waals surface area (Å²) in [6.07, 6.45) is 1.05. The van der Waals surface area contributed by atoms with Gasteiger partial charge in [0.1, 0.15) is 12.6 Å². The third-order valence-electron chi connectivity index (χ3n) is 5.16. The molecule has 2 amide bonds. The lowest BCUT2D eigenvalue weighted by atomic mass is 10.1. The van der Waals surface area contributed by atoms with Crippen molar-refractivity contribution in [2.75, 3.05) is 23.7 Å². The number of halogens is 2. The lowest BCUT2D eigenvalue weighted by molar-refractivity contribution is -0.139. The van der Waals surface area contributed by atoms with Crippen molar-refractivity contribution in [1.29, 1.82) is 0 Å². The first-order chi connectivity index (χ1) is 15.8. The molecule has 0 bridgehead atoms. The number of carbonyl (C=O) groups is 2. The van der Waals surface area contributed by atoms with E-state index in [9.17, 15) is 18.0 Å². The fraction of sp³-hybridized carbons (Fsp3) is 0.417. The minimum Gasteiger partial charge on any atom is -0.354 e. The van der Waals surface area contributed by atoms with Gasteiger partial charge in [-0.3, -0.25) is 13.9 Å². The van der Waals surface area contributed by atoms with Crippen molar-refractivity contribution < 1.29 is 18.0 Å². The zero-order chi connectivity index (χ0) is 25.6. The van der Waals surface area contributed by atoms with E-state index in [1.807, 2.05) is 26.8 Å². The molecule has 1 N–H and O–H groups in total. The Morgan fingerprint density at radius 2 is 1.71 bits per heavy atom. The molecule has 10 heteroatoms. The van der Waals surface area contributed by atoms with Crippen molar-refractivity contribution in [2.45, 2.75) is 40.3 Å². The molecule has 2 rings (SSSR count). The van der Waals surface area contributed by atoms with E-state index >= 15 is 0 Å². The van der Waals surface area contributed by atoms with Crippen molar-refractivity contribution >= 4 is 50.7 Å². The van der Waals surface area contributed by atoms with Gasteiger partial charge in [-0.2, -0.15) is 0 Å². The summed E-state index contributed by atoms with van der Waals surface area (Å²) in [6, 6.07) is 11.0. The van der Waals surface area contributed by atoms with Gasteiger partial charge in [-0.1, -0.05) is 55.2 Å². The third kappa shape index (κ3) is 7.89. The lowest BCUT2D eigenvalue weighted by Crippen LogP contribution is -2.51. The highest BCUT2D eigenvalue weighted by atomic mass is 35.5. The molecule has 186 valence electrons. The largest absolute Gasteiger partial charge is 0.354 e. The van der Waals surface area contributed by atoms with Gasteiger partial charge in [0.25, 0.3) is 0 Å². The molecule has 7 nitrogen and oxygen atoms in total. The van der Waals surface area contributed by atoms with Crippen LogP contribution < -0.4 is 9.62 Å². The first kappa shape index (κ1) is 28.0. The molecule has 0 aliphatic heterocycles. The standard InChI is InChI=1S/C24H31Cl2N3O4S/c1-16(2)13-27-24(31)18(4)28(14-19-9-10-21(25)22(26)12-19)23(30)15-29(34(5,32)33)20-8-6-7-17(3)11-20/h6-12,16,18H,13-15H2,1-5H3,(H,27,31)/t18-/m0/s1. The van der Waals surface area contributed by atoms with Gasteiger partial charge in [0.2, 0.25) is 21.8 Å². The number of anilines is 1. The fourth-order valence-electron chi connectivity index (χ4n) is 3.27. The van der Waals surface area contributed by atoms with Crippen LogP contribution in [0.3, 0.4) is 0 Å². The second kappa shape index (κ2) is 11.9. The van der Waals surface area contributed by atoms with Crippen LogP contribution in [-0.4, -0.2) is 50.5 Å². The minimum atomic E-state index is -3.77. The smallest absolute Gasteiger partial charge is 0.244 e. The quantitative estimate of drug-likeness (QED) is 0.500. The topological polar surface area (TPSA) is 86.8 Å². The number of nitrogens with zero attached hydrogens (tertiary/aromatic N) is 2. The van der Waals surface area contributed by atoms with Crippen molar-refractivity contribution in [1.82, 2.24) is 10.2 Å². The van der Waals surface area contributed by atoms with Crippen LogP contribution in [0.25, 0.3) is 0 Å². The monoisotopic (exact) mass is 527 g/mol. The van der Waals surface area contributed by atoms with Gasteiger partial charge in [-0.05, 0) is 55.2 Å². The van der Waals surface area contributed by atoms with Crippen molar-refractivity contribution in [3.63, 3.8) is 0 Å². The Bertz CT molecular complexity index is 1140. The average Bonchev–Trinajstić information content (AvgIpc) is 2.75.